The Labute approximate surface area is 223 Å². The van der Waals surface area contributed by atoms with Crippen LogP contribution in [0.1, 0.15) is 76.6 Å². The van der Waals surface area contributed by atoms with E-state index in [0.717, 1.165) is 70.1 Å². The molecular weight excluding hydrogens is 484 g/mol. The number of aryl methyl sites for hydroxylation is 2. The molecule has 5 rings (SSSR count). The minimum Gasteiger partial charge on any atom is -0.390 e. The number of hydrogen-bond donors (Lipinski definition) is 3. The molecular formula is C28H40N6O2S. The maximum absolute atomic E-state index is 10.6. The van der Waals surface area contributed by atoms with E-state index in [9.17, 15) is 5.11 Å². The summed E-state index contributed by atoms with van der Waals surface area (Å²) in [6, 6.07) is 2.25. The molecule has 2 aliphatic carbocycles. The first-order valence-corrected chi connectivity index (χ1v) is 14.4. The number of pyridine rings is 1. The van der Waals surface area contributed by atoms with Crippen molar-refractivity contribution in [2.75, 3.05) is 24.4 Å². The lowest BCUT2D eigenvalue weighted by atomic mass is 9.82. The molecule has 0 unspecified atom stereocenters. The quantitative estimate of drug-likeness (QED) is 0.336. The van der Waals surface area contributed by atoms with Gasteiger partial charge < -0.3 is 20.5 Å². The van der Waals surface area contributed by atoms with Crippen molar-refractivity contribution >= 4 is 33.3 Å². The zero-order valence-corrected chi connectivity index (χ0v) is 23.5. The summed E-state index contributed by atoms with van der Waals surface area (Å²) in [6.45, 7) is 8.51. The molecule has 0 aromatic carbocycles. The van der Waals surface area contributed by atoms with Gasteiger partial charge >= 0.3 is 0 Å². The number of thiazole rings is 1. The first kappa shape index (κ1) is 26.3. The fourth-order valence-corrected chi connectivity index (χ4v) is 7.18. The monoisotopic (exact) mass is 524 g/mol. The number of rotatable bonds is 8. The summed E-state index contributed by atoms with van der Waals surface area (Å²) in [5.41, 5.74) is 2.87. The normalized spacial score (nSPS) is 21.9. The molecule has 200 valence electrons. The van der Waals surface area contributed by atoms with Gasteiger partial charge in [0, 0.05) is 19.3 Å². The Morgan fingerprint density at radius 2 is 1.89 bits per heavy atom. The molecule has 3 heterocycles. The Balaban J connectivity index is 1.53. The maximum Gasteiger partial charge on any atom is 0.225 e. The zero-order chi connectivity index (χ0) is 26.2. The highest BCUT2D eigenvalue weighted by Crippen LogP contribution is 2.40. The molecule has 3 aromatic heterocycles. The number of nitrogens with zero attached hydrogens (tertiary/aromatic N) is 4. The maximum atomic E-state index is 10.6. The van der Waals surface area contributed by atoms with Gasteiger partial charge in [0.15, 0.2) is 0 Å². The Hall–Kier alpha value is -2.36. The van der Waals surface area contributed by atoms with E-state index in [2.05, 4.69) is 15.6 Å². The Morgan fingerprint density at radius 3 is 2.57 bits per heavy atom. The molecule has 2 aliphatic rings. The summed E-state index contributed by atoms with van der Waals surface area (Å²) >= 11 is 1.65. The summed E-state index contributed by atoms with van der Waals surface area (Å²) in [4.78, 5) is 19.4. The second-order valence-electron chi connectivity index (χ2n) is 11.5. The molecule has 0 aliphatic heterocycles. The van der Waals surface area contributed by atoms with E-state index in [-0.39, 0.29) is 17.5 Å². The molecule has 8 nitrogen and oxygen atoms in total. The van der Waals surface area contributed by atoms with Gasteiger partial charge in [0.2, 0.25) is 5.95 Å². The summed E-state index contributed by atoms with van der Waals surface area (Å²) in [6.07, 6.45) is 10.5. The van der Waals surface area contributed by atoms with Gasteiger partial charge in [0.25, 0.3) is 0 Å². The Kier molecular flexibility index (Phi) is 7.40. The minimum absolute atomic E-state index is 0.143. The molecule has 0 spiro atoms. The lowest BCUT2D eigenvalue weighted by Gasteiger charge is -2.37. The van der Waals surface area contributed by atoms with Crippen LogP contribution in [0.2, 0.25) is 0 Å². The third-order valence-electron chi connectivity index (χ3n) is 8.17. The molecule has 37 heavy (non-hydrogen) atoms. The van der Waals surface area contributed by atoms with E-state index >= 15 is 0 Å². The summed E-state index contributed by atoms with van der Waals surface area (Å²) in [5.74, 6) is 1.71. The van der Waals surface area contributed by atoms with Crippen LogP contribution in [-0.2, 0) is 4.74 Å². The minimum atomic E-state index is -0.682. The first-order valence-electron chi connectivity index (χ1n) is 13.5. The van der Waals surface area contributed by atoms with Gasteiger partial charge in [-0.25, -0.2) is 9.97 Å². The standard InChI is InChI=1S/C28H40N6O2S/c1-17-22(25-32-23-18(2)29-14-11-21(23)37-25)24(31-20-10-9-19(15-20)27(3,4)35)33-26(30-17)34-28(16-36-5)12-7-6-8-13-28/h11,14,19-20,35H,6-10,12-13,15-16H2,1-5H3,(H2,30,31,33,34)/t19-,20+/m1/s1. The van der Waals surface area contributed by atoms with E-state index in [0.29, 0.717) is 12.6 Å². The molecule has 0 saturated heterocycles. The van der Waals surface area contributed by atoms with Crippen LogP contribution in [0, 0.1) is 19.8 Å². The van der Waals surface area contributed by atoms with Crippen molar-refractivity contribution in [1.29, 1.82) is 0 Å². The largest absolute Gasteiger partial charge is 0.390 e. The molecule has 0 bridgehead atoms. The van der Waals surface area contributed by atoms with Crippen LogP contribution in [0.15, 0.2) is 12.3 Å². The lowest BCUT2D eigenvalue weighted by molar-refractivity contribution is 0.0197. The van der Waals surface area contributed by atoms with E-state index in [1.165, 1.54) is 19.3 Å². The zero-order valence-electron chi connectivity index (χ0n) is 22.7. The van der Waals surface area contributed by atoms with Crippen LogP contribution >= 0.6 is 11.3 Å². The van der Waals surface area contributed by atoms with Gasteiger partial charge in [-0.3, -0.25) is 4.98 Å². The number of nitrogens with one attached hydrogen (secondary N) is 2. The topological polar surface area (TPSA) is 105 Å². The fourth-order valence-electron chi connectivity index (χ4n) is 6.07. The van der Waals surface area contributed by atoms with E-state index in [4.69, 9.17) is 19.7 Å². The summed E-state index contributed by atoms with van der Waals surface area (Å²) in [5, 5.41) is 18.9. The molecule has 0 amide bonds. The Morgan fingerprint density at radius 1 is 1.11 bits per heavy atom. The third-order valence-corrected chi connectivity index (χ3v) is 9.21. The van der Waals surface area contributed by atoms with Gasteiger partial charge in [-0.1, -0.05) is 19.3 Å². The number of aromatic nitrogens is 4. The number of hydrogen-bond acceptors (Lipinski definition) is 9. The average Bonchev–Trinajstić information content (AvgIpc) is 3.48. The molecule has 9 heteroatoms. The van der Waals surface area contributed by atoms with Gasteiger partial charge in [-0.2, -0.15) is 4.98 Å². The number of aliphatic hydroxyl groups is 1. The van der Waals surface area contributed by atoms with Crippen LogP contribution in [-0.4, -0.2) is 55.9 Å². The van der Waals surface area contributed by atoms with Crippen molar-refractivity contribution in [3.05, 3.63) is 23.7 Å². The molecule has 0 radical (unpaired) electrons. The van der Waals surface area contributed by atoms with Crippen LogP contribution in [0.3, 0.4) is 0 Å². The molecule has 3 N–H and O–H groups in total. The number of ether oxygens (including phenoxy) is 1. The molecule has 2 atom stereocenters. The van der Waals surface area contributed by atoms with E-state index in [1.54, 1.807) is 18.4 Å². The third kappa shape index (κ3) is 5.59. The number of methoxy groups -OCH3 is 1. The summed E-state index contributed by atoms with van der Waals surface area (Å²) < 4.78 is 6.75. The van der Waals surface area contributed by atoms with Crippen LogP contribution in [0.4, 0.5) is 11.8 Å². The average molecular weight is 525 g/mol. The predicted octanol–water partition coefficient (Wildman–Crippen LogP) is 5.88. The van der Waals surface area contributed by atoms with Gasteiger partial charge in [-0.15, -0.1) is 11.3 Å². The van der Waals surface area contributed by atoms with Crippen LogP contribution in [0.5, 0.6) is 0 Å². The van der Waals surface area contributed by atoms with Crippen LogP contribution < -0.4 is 10.6 Å². The second-order valence-corrected chi connectivity index (χ2v) is 12.6. The number of anilines is 2. The highest BCUT2D eigenvalue weighted by atomic mass is 32.1. The van der Waals surface area contributed by atoms with E-state index in [1.807, 2.05) is 40.0 Å². The highest BCUT2D eigenvalue weighted by molar-refractivity contribution is 7.21. The fraction of sp³-hybridized carbons (Fsp3) is 0.643. The molecule has 2 saturated carbocycles. The lowest BCUT2D eigenvalue weighted by Crippen LogP contribution is -2.45. The van der Waals surface area contributed by atoms with Crippen molar-refractivity contribution in [3.8, 4) is 10.6 Å². The smallest absolute Gasteiger partial charge is 0.225 e. The van der Waals surface area contributed by atoms with Crippen molar-refractivity contribution in [1.82, 2.24) is 19.9 Å². The molecule has 2 fully saturated rings. The van der Waals surface area contributed by atoms with Crippen molar-refractivity contribution in [2.24, 2.45) is 5.92 Å². The van der Waals surface area contributed by atoms with Crippen molar-refractivity contribution in [2.45, 2.75) is 96.2 Å². The van der Waals surface area contributed by atoms with Crippen molar-refractivity contribution in [3.63, 3.8) is 0 Å². The predicted molar refractivity (Wildman–Crippen MR) is 150 cm³/mol. The van der Waals surface area contributed by atoms with E-state index < -0.39 is 5.60 Å². The molecule has 3 aromatic rings. The second kappa shape index (κ2) is 10.4. The van der Waals surface area contributed by atoms with Gasteiger partial charge in [0.05, 0.1) is 39.4 Å². The van der Waals surface area contributed by atoms with Gasteiger partial charge in [0.1, 0.15) is 16.3 Å². The number of fused-ring (bicyclic) bond motifs is 1. The van der Waals surface area contributed by atoms with Gasteiger partial charge in [-0.05, 0) is 71.8 Å². The first-order chi connectivity index (χ1) is 17.7. The van der Waals surface area contributed by atoms with Crippen molar-refractivity contribution < 1.29 is 9.84 Å². The SMILES string of the molecule is COCC1(Nc2nc(C)c(-c3nc4c(C)nccc4s3)c(N[C@H]3CC[C@@H](C(C)(C)O)C3)n2)CCCCC1. The van der Waals surface area contributed by atoms with Crippen LogP contribution in [0.25, 0.3) is 20.8 Å². The Bertz CT molecular complexity index is 1240. The summed E-state index contributed by atoms with van der Waals surface area (Å²) in [7, 11) is 1.77. The highest BCUT2D eigenvalue weighted by Gasteiger charge is 2.36.